The summed E-state index contributed by atoms with van der Waals surface area (Å²) in [6, 6.07) is 16.2. The predicted molar refractivity (Wildman–Crippen MR) is 103 cm³/mol. The van der Waals surface area contributed by atoms with E-state index in [2.05, 4.69) is 10.2 Å². The fourth-order valence-corrected chi connectivity index (χ4v) is 3.37. The van der Waals surface area contributed by atoms with Crippen molar-refractivity contribution in [2.45, 2.75) is 0 Å². The molecule has 126 valence electrons. The number of hydrogen-bond acceptors (Lipinski definition) is 6. The zero-order valence-corrected chi connectivity index (χ0v) is 14.9. The molecule has 0 saturated carbocycles. The SMILES string of the molecule is COC(=O)c1ccc(/C=C2\SC(=S)N(Nc3ccccc3)C2=O)cc1. The molecule has 2 aromatic carbocycles. The Morgan fingerprint density at radius 3 is 2.48 bits per heavy atom. The Bertz CT molecular complexity index is 848. The lowest BCUT2D eigenvalue weighted by Crippen LogP contribution is -2.33. The molecule has 7 heteroatoms. The van der Waals surface area contributed by atoms with E-state index in [1.165, 1.54) is 23.9 Å². The first kappa shape index (κ1) is 17.2. The number of carbonyl (C=O) groups is 2. The number of hydrazine groups is 1. The molecule has 0 aliphatic carbocycles. The molecule has 0 spiro atoms. The topological polar surface area (TPSA) is 58.6 Å². The van der Waals surface area contributed by atoms with E-state index in [1.807, 2.05) is 30.3 Å². The van der Waals surface area contributed by atoms with Crippen molar-refractivity contribution in [1.29, 1.82) is 0 Å². The zero-order chi connectivity index (χ0) is 17.8. The molecule has 0 radical (unpaired) electrons. The normalized spacial score (nSPS) is 15.6. The lowest BCUT2D eigenvalue weighted by Gasteiger charge is -2.16. The van der Waals surface area contributed by atoms with Crippen molar-refractivity contribution in [3.05, 3.63) is 70.6 Å². The molecule has 25 heavy (non-hydrogen) atoms. The number of carbonyl (C=O) groups excluding carboxylic acids is 2. The van der Waals surface area contributed by atoms with Gasteiger partial charge in [0, 0.05) is 0 Å². The molecule has 1 amide bonds. The minimum Gasteiger partial charge on any atom is -0.465 e. The lowest BCUT2D eigenvalue weighted by molar-refractivity contribution is -0.121. The number of amides is 1. The van der Waals surface area contributed by atoms with Crippen molar-refractivity contribution in [2.75, 3.05) is 12.5 Å². The van der Waals surface area contributed by atoms with Gasteiger partial charge in [-0.15, -0.1) is 0 Å². The van der Waals surface area contributed by atoms with E-state index in [0.717, 1.165) is 11.3 Å². The minimum absolute atomic E-state index is 0.212. The number of ether oxygens (including phenoxy) is 1. The Balaban J connectivity index is 1.77. The molecule has 3 rings (SSSR count). The molecule has 1 heterocycles. The van der Waals surface area contributed by atoms with Crippen LogP contribution in [0.25, 0.3) is 6.08 Å². The van der Waals surface area contributed by atoms with Gasteiger partial charge < -0.3 is 4.74 Å². The van der Waals surface area contributed by atoms with Crippen LogP contribution in [-0.2, 0) is 9.53 Å². The summed E-state index contributed by atoms with van der Waals surface area (Å²) >= 11 is 6.51. The third-order valence-corrected chi connectivity index (χ3v) is 4.74. The number of benzene rings is 2. The fraction of sp³-hybridized carbons (Fsp3) is 0.0556. The quantitative estimate of drug-likeness (QED) is 0.503. The van der Waals surface area contributed by atoms with Crippen molar-refractivity contribution in [3.63, 3.8) is 0 Å². The highest BCUT2D eigenvalue weighted by Crippen LogP contribution is 2.32. The van der Waals surface area contributed by atoms with Crippen molar-refractivity contribution >= 4 is 51.9 Å². The number of anilines is 1. The highest BCUT2D eigenvalue weighted by atomic mass is 32.2. The summed E-state index contributed by atoms with van der Waals surface area (Å²) in [4.78, 5) is 24.5. The third kappa shape index (κ3) is 3.89. The highest BCUT2D eigenvalue weighted by molar-refractivity contribution is 8.26. The Kier molecular flexibility index (Phi) is 5.16. The first-order valence-electron chi connectivity index (χ1n) is 7.36. The second-order valence-electron chi connectivity index (χ2n) is 5.11. The summed E-state index contributed by atoms with van der Waals surface area (Å²) in [5.41, 5.74) is 5.04. The summed E-state index contributed by atoms with van der Waals surface area (Å²) in [5.74, 6) is -0.610. The number of rotatable bonds is 4. The first-order chi connectivity index (χ1) is 12.1. The van der Waals surface area contributed by atoms with Crippen LogP contribution < -0.4 is 5.43 Å². The van der Waals surface area contributed by atoms with E-state index in [1.54, 1.807) is 30.3 Å². The van der Waals surface area contributed by atoms with Gasteiger partial charge in [0.1, 0.15) is 0 Å². The second-order valence-corrected chi connectivity index (χ2v) is 6.78. The largest absolute Gasteiger partial charge is 0.465 e. The number of para-hydroxylation sites is 1. The van der Waals surface area contributed by atoms with Gasteiger partial charge in [-0.25, -0.2) is 9.80 Å². The van der Waals surface area contributed by atoms with E-state index in [4.69, 9.17) is 12.2 Å². The lowest BCUT2D eigenvalue weighted by atomic mass is 10.1. The van der Waals surface area contributed by atoms with Crippen LogP contribution in [0.1, 0.15) is 15.9 Å². The number of thiocarbonyl (C=S) groups is 1. The Morgan fingerprint density at radius 1 is 1.16 bits per heavy atom. The van der Waals surface area contributed by atoms with Crippen molar-refractivity contribution in [1.82, 2.24) is 5.01 Å². The van der Waals surface area contributed by atoms with Crippen LogP contribution in [-0.4, -0.2) is 28.3 Å². The molecule has 0 unspecified atom stereocenters. The smallest absolute Gasteiger partial charge is 0.337 e. The molecular formula is C18H14N2O3S2. The summed E-state index contributed by atoms with van der Waals surface area (Å²) in [6.07, 6.45) is 1.74. The summed E-state index contributed by atoms with van der Waals surface area (Å²) in [5, 5.41) is 1.35. The molecule has 1 fully saturated rings. The average molecular weight is 370 g/mol. The molecule has 1 aliphatic rings. The van der Waals surface area contributed by atoms with Crippen LogP contribution in [0.5, 0.6) is 0 Å². The van der Waals surface area contributed by atoms with E-state index in [-0.39, 0.29) is 5.91 Å². The van der Waals surface area contributed by atoms with Crippen molar-refractivity contribution < 1.29 is 14.3 Å². The maximum absolute atomic E-state index is 12.6. The van der Waals surface area contributed by atoms with Crippen LogP contribution in [0.2, 0.25) is 0 Å². The predicted octanol–water partition coefficient (Wildman–Crippen LogP) is 3.70. The molecule has 1 aliphatic heterocycles. The number of hydrogen-bond donors (Lipinski definition) is 1. The third-order valence-electron chi connectivity index (χ3n) is 3.44. The van der Waals surface area contributed by atoms with Crippen LogP contribution in [0.3, 0.4) is 0 Å². The van der Waals surface area contributed by atoms with Crippen LogP contribution in [0.15, 0.2) is 59.5 Å². The summed E-state index contributed by atoms with van der Waals surface area (Å²) < 4.78 is 5.10. The van der Waals surface area contributed by atoms with Gasteiger partial charge in [0.2, 0.25) is 0 Å². The van der Waals surface area contributed by atoms with E-state index in [9.17, 15) is 9.59 Å². The molecule has 2 aromatic rings. The second kappa shape index (κ2) is 7.50. The van der Waals surface area contributed by atoms with Crippen LogP contribution >= 0.6 is 24.0 Å². The van der Waals surface area contributed by atoms with Crippen molar-refractivity contribution in [3.8, 4) is 0 Å². The molecule has 0 bridgehead atoms. The zero-order valence-electron chi connectivity index (χ0n) is 13.3. The molecule has 1 N–H and O–H groups in total. The summed E-state index contributed by atoms with van der Waals surface area (Å²) in [7, 11) is 1.33. The van der Waals surface area contributed by atoms with E-state index < -0.39 is 5.97 Å². The standard InChI is InChI=1S/C18H14N2O3S2/c1-23-17(22)13-9-7-12(8-10-13)11-15-16(21)20(18(24)25-15)19-14-5-3-2-4-6-14/h2-11,19H,1H3/b15-11-. The maximum Gasteiger partial charge on any atom is 0.337 e. The first-order valence-corrected chi connectivity index (χ1v) is 8.59. The molecule has 5 nitrogen and oxygen atoms in total. The van der Waals surface area contributed by atoms with Gasteiger partial charge in [-0.3, -0.25) is 10.2 Å². The van der Waals surface area contributed by atoms with Gasteiger partial charge in [0.25, 0.3) is 5.91 Å². The van der Waals surface area contributed by atoms with Crippen LogP contribution in [0.4, 0.5) is 5.69 Å². The Morgan fingerprint density at radius 2 is 1.84 bits per heavy atom. The van der Waals surface area contributed by atoms with Gasteiger partial charge >= 0.3 is 5.97 Å². The molecule has 1 saturated heterocycles. The van der Waals surface area contributed by atoms with Gasteiger partial charge in [-0.05, 0) is 48.1 Å². The average Bonchev–Trinajstić information content (AvgIpc) is 2.90. The molecule has 0 atom stereocenters. The number of methoxy groups -OCH3 is 1. The van der Waals surface area contributed by atoms with Crippen LogP contribution in [0, 0.1) is 0 Å². The fourth-order valence-electron chi connectivity index (χ4n) is 2.19. The number of thioether (sulfide) groups is 1. The van der Waals surface area contributed by atoms with Gasteiger partial charge in [0.15, 0.2) is 4.32 Å². The minimum atomic E-state index is -0.398. The van der Waals surface area contributed by atoms with E-state index >= 15 is 0 Å². The van der Waals surface area contributed by atoms with Gasteiger partial charge in [-0.2, -0.15) is 0 Å². The van der Waals surface area contributed by atoms with E-state index in [0.29, 0.717) is 14.8 Å². The summed E-state index contributed by atoms with van der Waals surface area (Å²) in [6.45, 7) is 0. The number of nitrogens with zero attached hydrogens (tertiary/aromatic N) is 1. The molecule has 0 aromatic heterocycles. The van der Waals surface area contributed by atoms with Gasteiger partial charge in [0.05, 0.1) is 23.3 Å². The highest BCUT2D eigenvalue weighted by Gasteiger charge is 2.32. The Labute approximate surface area is 154 Å². The van der Waals surface area contributed by atoms with Crippen molar-refractivity contribution in [2.24, 2.45) is 0 Å². The maximum atomic E-state index is 12.6. The monoisotopic (exact) mass is 370 g/mol. The van der Waals surface area contributed by atoms with Gasteiger partial charge in [-0.1, -0.05) is 42.1 Å². The molecular weight excluding hydrogens is 356 g/mol. The Hall–Kier alpha value is -2.64. The number of esters is 1. The number of nitrogens with one attached hydrogen (secondary N) is 1.